The fourth-order valence-electron chi connectivity index (χ4n) is 4.19. The van der Waals surface area contributed by atoms with Crippen molar-refractivity contribution in [2.24, 2.45) is 5.14 Å². The van der Waals surface area contributed by atoms with Gasteiger partial charge >= 0.3 is 0 Å². The van der Waals surface area contributed by atoms with Crippen LogP contribution in [0.5, 0.6) is 5.75 Å². The molecule has 0 amide bonds. The number of halogens is 1. The first-order chi connectivity index (χ1) is 17.4. The number of sulfonamides is 1. The number of hydrogen-bond acceptors (Lipinski definition) is 8. The SMILES string of the molecule is Cc1cc([C@@H](C)Oc2ccc(Cl)nc2S(N)(=O)=O)c2oc(-c3ccc4nc(C)cn4n3)c(C)c(=O)c2c1. The van der Waals surface area contributed by atoms with Crippen LogP contribution in [-0.2, 0) is 10.0 Å². The van der Waals surface area contributed by atoms with Crippen molar-refractivity contribution >= 4 is 38.2 Å². The fraction of sp³-hybridized carbons (Fsp3) is 0.200. The highest BCUT2D eigenvalue weighted by atomic mass is 35.5. The summed E-state index contributed by atoms with van der Waals surface area (Å²) in [6, 6.07) is 9.86. The van der Waals surface area contributed by atoms with E-state index in [1.54, 1.807) is 42.8 Å². The number of primary sulfonamides is 1. The molecule has 4 aromatic heterocycles. The number of ether oxygens (including phenoxy) is 1. The largest absolute Gasteiger partial charge is 0.483 e. The molecule has 4 heterocycles. The number of fused-ring (bicyclic) bond motifs is 2. The Balaban J connectivity index is 1.68. The van der Waals surface area contributed by atoms with Crippen molar-refractivity contribution in [2.75, 3.05) is 0 Å². The Morgan fingerprint density at radius 2 is 1.86 bits per heavy atom. The molecular formula is C25H22ClN5O5S. The minimum absolute atomic E-state index is 0.0475. The summed E-state index contributed by atoms with van der Waals surface area (Å²) in [5.74, 6) is 0.229. The molecular weight excluding hydrogens is 518 g/mol. The smallest absolute Gasteiger partial charge is 0.259 e. The quantitative estimate of drug-likeness (QED) is 0.326. The van der Waals surface area contributed by atoms with Gasteiger partial charge in [-0.1, -0.05) is 11.6 Å². The molecule has 0 fully saturated rings. The zero-order valence-corrected chi connectivity index (χ0v) is 21.9. The summed E-state index contributed by atoms with van der Waals surface area (Å²) in [6.45, 7) is 7.09. The molecule has 5 aromatic rings. The third-order valence-corrected chi connectivity index (χ3v) is 6.91. The average molecular weight is 540 g/mol. The molecule has 0 aliphatic carbocycles. The van der Waals surface area contributed by atoms with Gasteiger partial charge in [0.2, 0.25) is 5.03 Å². The van der Waals surface area contributed by atoms with Gasteiger partial charge in [0.15, 0.2) is 22.6 Å². The van der Waals surface area contributed by atoms with E-state index in [1.807, 2.05) is 19.9 Å². The molecule has 1 aromatic carbocycles. The third kappa shape index (κ3) is 4.57. The average Bonchev–Trinajstić information content (AvgIpc) is 3.20. The van der Waals surface area contributed by atoms with Crippen LogP contribution in [0, 0.1) is 20.8 Å². The standard InChI is InChI=1S/C25H22ClN5O5S/c1-12-9-16(15(4)35-19-6-7-20(26)29-25(19)37(27,33)34)24-17(10-12)22(32)14(3)23(36-24)18-5-8-21-28-13(2)11-31(21)30-18/h5-11,15H,1-4H3,(H2,27,33,34)/t15-/m1/s1. The van der Waals surface area contributed by atoms with Gasteiger partial charge in [0.25, 0.3) is 10.0 Å². The Hall–Kier alpha value is -3.80. The first kappa shape index (κ1) is 24.9. The van der Waals surface area contributed by atoms with E-state index in [-0.39, 0.29) is 16.3 Å². The summed E-state index contributed by atoms with van der Waals surface area (Å²) in [5.41, 5.74) is 3.75. The lowest BCUT2D eigenvalue weighted by Crippen LogP contribution is -2.17. The minimum Gasteiger partial charge on any atom is -0.483 e. The summed E-state index contributed by atoms with van der Waals surface area (Å²) in [6.07, 6.45) is 1.03. The maximum absolute atomic E-state index is 13.4. The maximum Gasteiger partial charge on any atom is 0.259 e. The second-order valence-electron chi connectivity index (χ2n) is 8.76. The van der Waals surface area contributed by atoms with E-state index in [4.69, 9.17) is 25.9 Å². The molecule has 1 atom stereocenters. The molecule has 0 radical (unpaired) electrons. The van der Waals surface area contributed by atoms with Crippen molar-refractivity contribution in [1.29, 1.82) is 0 Å². The van der Waals surface area contributed by atoms with Gasteiger partial charge < -0.3 is 9.15 Å². The van der Waals surface area contributed by atoms with Crippen LogP contribution in [0.3, 0.4) is 0 Å². The van der Waals surface area contributed by atoms with Crippen LogP contribution in [0.4, 0.5) is 0 Å². The Morgan fingerprint density at radius 1 is 1.11 bits per heavy atom. The molecule has 0 bridgehead atoms. The lowest BCUT2D eigenvalue weighted by atomic mass is 10.0. The van der Waals surface area contributed by atoms with Crippen molar-refractivity contribution in [3.8, 4) is 17.2 Å². The molecule has 12 heteroatoms. The number of pyridine rings is 1. The zero-order valence-electron chi connectivity index (χ0n) is 20.3. The van der Waals surface area contributed by atoms with Gasteiger partial charge in [0, 0.05) is 11.1 Å². The first-order valence-corrected chi connectivity index (χ1v) is 13.1. The zero-order chi connectivity index (χ0) is 26.6. The van der Waals surface area contributed by atoms with E-state index in [0.717, 1.165) is 11.3 Å². The summed E-state index contributed by atoms with van der Waals surface area (Å²) >= 11 is 5.87. The lowest BCUT2D eigenvalue weighted by Gasteiger charge is -2.19. The Bertz CT molecular complexity index is 1880. The van der Waals surface area contributed by atoms with E-state index < -0.39 is 21.2 Å². The number of nitrogens with zero attached hydrogens (tertiary/aromatic N) is 4. The van der Waals surface area contributed by atoms with Crippen LogP contribution in [0.25, 0.3) is 28.1 Å². The first-order valence-electron chi connectivity index (χ1n) is 11.2. The van der Waals surface area contributed by atoms with Crippen LogP contribution in [0.15, 0.2) is 56.8 Å². The predicted molar refractivity (Wildman–Crippen MR) is 138 cm³/mol. The molecule has 0 unspecified atom stereocenters. The number of aryl methyl sites for hydroxylation is 2. The van der Waals surface area contributed by atoms with Gasteiger partial charge in [0.05, 0.1) is 17.3 Å². The van der Waals surface area contributed by atoms with Crippen LogP contribution < -0.4 is 15.3 Å². The molecule has 10 nitrogen and oxygen atoms in total. The third-order valence-electron chi connectivity index (χ3n) is 5.87. The molecule has 0 aliphatic heterocycles. The molecule has 0 saturated heterocycles. The maximum atomic E-state index is 13.4. The van der Waals surface area contributed by atoms with E-state index in [0.29, 0.717) is 39.2 Å². The molecule has 0 aliphatic rings. The van der Waals surface area contributed by atoms with Crippen LogP contribution in [-0.4, -0.2) is 28.0 Å². The second kappa shape index (κ2) is 8.94. The van der Waals surface area contributed by atoms with Crippen molar-refractivity contribution < 1.29 is 17.6 Å². The fourth-order valence-corrected chi connectivity index (χ4v) is 5.01. The van der Waals surface area contributed by atoms with E-state index in [9.17, 15) is 13.2 Å². The lowest BCUT2D eigenvalue weighted by molar-refractivity contribution is 0.219. The van der Waals surface area contributed by atoms with Gasteiger partial charge in [0.1, 0.15) is 22.5 Å². The molecule has 0 saturated carbocycles. The van der Waals surface area contributed by atoms with Crippen molar-refractivity contribution in [3.05, 3.63) is 80.4 Å². The Kier molecular flexibility index (Phi) is 6.01. The summed E-state index contributed by atoms with van der Waals surface area (Å²) in [5, 5.41) is 9.72. The van der Waals surface area contributed by atoms with Gasteiger partial charge in [-0.15, -0.1) is 0 Å². The van der Waals surface area contributed by atoms with Gasteiger partial charge in [-0.05, 0) is 69.7 Å². The highest BCUT2D eigenvalue weighted by Gasteiger charge is 2.24. The number of rotatable bonds is 5. The summed E-state index contributed by atoms with van der Waals surface area (Å²) in [7, 11) is -4.22. The molecule has 5 rings (SSSR count). The van der Waals surface area contributed by atoms with Crippen LogP contribution in [0.1, 0.15) is 35.4 Å². The normalized spacial score (nSPS) is 12.8. The molecule has 2 N–H and O–H groups in total. The Morgan fingerprint density at radius 3 is 2.59 bits per heavy atom. The monoisotopic (exact) mass is 539 g/mol. The van der Waals surface area contributed by atoms with Crippen molar-refractivity contribution in [2.45, 2.75) is 38.8 Å². The number of aromatic nitrogens is 4. The van der Waals surface area contributed by atoms with E-state index in [1.165, 1.54) is 12.1 Å². The summed E-state index contributed by atoms with van der Waals surface area (Å²) < 4.78 is 38.1. The van der Waals surface area contributed by atoms with Gasteiger partial charge in [-0.25, -0.2) is 28.0 Å². The van der Waals surface area contributed by atoms with Crippen LogP contribution in [0.2, 0.25) is 5.15 Å². The molecule has 0 spiro atoms. The highest BCUT2D eigenvalue weighted by molar-refractivity contribution is 7.89. The topological polar surface area (TPSA) is 143 Å². The number of hydrogen-bond donors (Lipinski definition) is 1. The molecule has 190 valence electrons. The van der Waals surface area contributed by atoms with Gasteiger partial charge in [-0.2, -0.15) is 5.10 Å². The predicted octanol–water partition coefficient (Wildman–Crippen LogP) is 4.26. The number of nitrogens with two attached hydrogens (primary N) is 1. The van der Waals surface area contributed by atoms with Crippen molar-refractivity contribution in [1.82, 2.24) is 19.6 Å². The second-order valence-corrected chi connectivity index (χ2v) is 10.6. The number of benzene rings is 1. The van der Waals surface area contributed by atoms with Crippen LogP contribution >= 0.6 is 11.6 Å². The van der Waals surface area contributed by atoms with Crippen molar-refractivity contribution in [3.63, 3.8) is 0 Å². The highest BCUT2D eigenvalue weighted by Crippen LogP contribution is 2.34. The summed E-state index contributed by atoms with van der Waals surface area (Å²) in [4.78, 5) is 21.6. The minimum atomic E-state index is -4.22. The number of imidazole rings is 1. The van der Waals surface area contributed by atoms with Gasteiger partial charge in [-0.3, -0.25) is 4.79 Å². The molecule has 37 heavy (non-hydrogen) atoms. The van der Waals surface area contributed by atoms with E-state index in [2.05, 4.69) is 15.1 Å². The Labute approximate surface area is 216 Å². The van der Waals surface area contributed by atoms with E-state index >= 15 is 0 Å².